The zero-order valence-electron chi connectivity index (χ0n) is 18.2. The van der Waals surface area contributed by atoms with Crippen LogP contribution >= 0.6 is 0 Å². The Morgan fingerprint density at radius 1 is 0.655 bits per heavy atom. The molecule has 0 spiro atoms. The second-order valence-corrected chi connectivity index (χ2v) is 7.91. The third-order valence-electron chi connectivity index (χ3n) is 5.38. The van der Waals surface area contributed by atoms with Crippen molar-refractivity contribution in [1.82, 2.24) is 0 Å². The van der Waals surface area contributed by atoms with Gasteiger partial charge in [0.2, 0.25) is 0 Å². The maximum absolute atomic E-state index is 10.8. The number of unbranched alkanes of at least 4 members (excludes halogenated alkanes) is 14. The van der Waals surface area contributed by atoms with E-state index in [0.717, 1.165) is 25.7 Å². The van der Waals surface area contributed by atoms with Crippen LogP contribution in [0.2, 0.25) is 0 Å². The molecule has 0 aromatic carbocycles. The van der Waals surface area contributed by atoms with Crippen LogP contribution in [0, 0.1) is 20.2 Å². The summed E-state index contributed by atoms with van der Waals surface area (Å²) in [6, 6.07) is 0. The van der Waals surface area contributed by atoms with Gasteiger partial charge < -0.3 is 0 Å². The highest BCUT2D eigenvalue weighted by Crippen LogP contribution is 2.19. The molecule has 0 unspecified atom stereocenters. The van der Waals surface area contributed by atoms with Gasteiger partial charge in [0.15, 0.2) is 0 Å². The number of allylic oxidation sites excluding steroid dienone is 2. The van der Waals surface area contributed by atoms with E-state index in [-0.39, 0.29) is 12.7 Å². The Hall–Kier alpha value is -1.79. The molecule has 0 bridgehead atoms. The average molecular weight is 413 g/mol. The van der Waals surface area contributed by atoms with Crippen molar-refractivity contribution in [2.24, 2.45) is 0 Å². The maximum atomic E-state index is 10.8. The molecule has 0 heterocycles. The van der Waals surface area contributed by atoms with E-state index in [2.05, 4.69) is 19.1 Å². The first kappa shape index (κ1) is 27.2. The van der Waals surface area contributed by atoms with Crippen molar-refractivity contribution in [1.29, 1.82) is 0 Å². The fourth-order valence-corrected chi connectivity index (χ4v) is 3.38. The molecule has 0 radical (unpaired) electrons. The normalized spacial score (nSPS) is 11.8. The third kappa shape index (κ3) is 13.1. The van der Waals surface area contributed by atoms with Crippen molar-refractivity contribution in [3.63, 3.8) is 0 Å². The Balaban J connectivity index is 3.49. The molecule has 7 heteroatoms. The second kappa shape index (κ2) is 18.3. The Bertz CT molecular complexity index is 466. The Morgan fingerprint density at radius 2 is 1.03 bits per heavy atom. The predicted octanol–water partition coefficient (Wildman–Crippen LogP) is 6.64. The monoisotopic (exact) mass is 412 g/mol. The van der Waals surface area contributed by atoms with Gasteiger partial charge in [0, 0.05) is 0 Å². The van der Waals surface area contributed by atoms with Gasteiger partial charge in [-0.15, -0.1) is 0 Å². The van der Waals surface area contributed by atoms with Crippen LogP contribution in [0.4, 0.5) is 0 Å². The molecule has 0 saturated heterocycles. The van der Waals surface area contributed by atoms with E-state index in [1.54, 1.807) is 0 Å². The molecule has 0 aliphatic carbocycles. The zero-order valence-corrected chi connectivity index (χ0v) is 18.2. The van der Waals surface area contributed by atoms with Crippen LogP contribution in [0.1, 0.15) is 116 Å². The highest BCUT2D eigenvalue weighted by Gasteiger charge is 2.55. The fourth-order valence-electron chi connectivity index (χ4n) is 3.38. The fraction of sp³-hybridized carbons (Fsp3) is 0.864. The van der Waals surface area contributed by atoms with E-state index >= 15 is 0 Å². The molecule has 7 nitrogen and oxygen atoms in total. The smallest absolute Gasteiger partial charge is 0.287 e. The maximum Gasteiger partial charge on any atom is 0.512 e. The number of aldehydes is 1. The number of carbonyl (C=O) groups is 1. The summed E-state index contributed by atoms with van der Waals surface area (Å²) in [6.45, 7) is 2.24. The molecule has 0 aromatic heterocycles. The summed E-state index contributed by atoms with van der Waals surface area (Å²) in [5, 5.41) is 21.7. The van der Waals surface area contributed by atoms with Crippen LogP contribution in [0.5, 0.6) is 0 Å². The van der Waals surface area contributed by atoms with E-state index in [1.165, 1.54) is 64.2 Å². The van der Waals surface area contributed by atoms with Gasteiger partial charge in [-0.05, 0) is 32.1 Å². The second-order valence-electron chi connectivity index (χ2n) is 7.91. The summed E-state index contributed by atoms with van der Waals surface area (Å²) in [4.78, 5) is 30.3. The quantitative estimate of drug-likeness (QED) is 0.0524. The van der Waals surface area contributed by atoms with E-state index in [9.17, 15) is 25.0 Å². The summed E-state index contributed by atoms with van der Waals surface area (Å²) in [5.74, 6) is 0. The summed E-state index contributed by atoms with van der Waals surface area (Å²) < 4.78 is 0. The van der Waals surface area contributed by atoms with Crippen LogP contribution in [0.3, 0.4) is 0 Å². The van der Waals surface area contributed by atoms with E-state index in [1.807, 2.05) is 0 Å². The molecule has 0 rings (SSSR count). The summed E-state index contributed by atoms with van der Waals surface area (Å²) >= 11 is 0. The van der Waals surface area contributed by atoms with E-state index < -0.39 is 15.5 Å². The van der Waals surface area contributed by atoms with Gasteiger partial charge in [-0.2, -0.15) is 0 Å². The Labute approximate surface area is 175 Å². The third-order valence-corrected chi connectivity index (χ3v) is 5.38. The molecule has 0 aromatic rings. The molecule has 168 valence electrons. The minimum atomic E-state index is -2.66. The summed E-state index contributed by atoms with van der Waals surface area (Å²) in [7, 11) is 0. The molecule has 0 saturated carbocycles. The lowest BCUT2D eigenvalue weighted by molar-refractivity contribution is -0.774. The van der Waals surface area contributed by atoms with Gasteiger partial charge in [-0.3, -0.25) is 25.0 Å². The van der Waals surface area contributed by atoms with E-state index in [0.29, 0.717) is 12.8 Å². The number of nitro groups is 2. The van der Waals surface area contributed by atoms with Crippen molar-refractivity contribution >= 4 is 6.29 Å². The lowest BCUT2D eigenvalue weighted by Gasteiger charge is -2.10. The van der Waals surface area contributed by atoms with Crippen LogP contribution in [-0.4, -0.2) is 21.8 Å². The molecule has 0 aliphatic rings. The van der Waals surface area contributed by atoms with Crippen LogP contribution < -0.4 is 0 Å². The highest BCUT2D eigenvalue weighted by atomic mass is 16.7. The molecule has 0 N–H and O–H groups in total. The predicted molar refractivity (Wildman–Crippen MR) is 116 cm³/mol. The van der Waals surface area contributed by atoms with Crippen LogP contribution in [0.15, 0.2) is 12.2 Å². The largest absolute Gasteiger partial charge is 0.512 e. The van der Waals surface area contributed by atoms with E-state index in [4.69, 9.17) is 0 Å². The first-order valence-corrected chi connectivity index (χ1v) is 11.4. The molecule has 0 fully saturated rings. The molecule has 0 aliphatic heterocycles. The molecular weight excluding hydrogens is 372 g/mol. The van der Waals surface area contributed by atoms with Gasteiger partial charge in [0.1, 0.15) is 9.85 Å². The number of carbonyl (C=O) groups excluding carboxylic acids is 1. The minimum absolute atomic E-state index is 0.144. The first-order valence-electron chi connectivity index (χ1n) is 11.4. The molecule has 0 amide bonds. The SMILES string of the molecule is CCCCCCCC/C=C\CCCCCCCCCCC(C=O)([N+](=O)[O-])[N+](=O)[O-]. The minimum Gasteiger partial charge on any atom is -0.287 e. The van der Waals surface area contributed by atoms with Gasteiger partial charge in [0.05, 0.1) is 6.42 Å². The first-order chi connectivity index (χ1) is 14.0. The van der Waals surface area contributed by atoms with Crippen molar-refractivity contribution in [3.8, 4) is 0 Å². The number of hydrogen-bond acceptors (Lipinski definition) is 5. The van der Waals surface area contributed by atoms with Crippen molar-refractivity contribution < 1.29 is 14.6 Å². The topological polar surface area (TPSA) is 103 Å². The van der Waals surface area contributed by atoms with Crippen molar-refractivity contribution in [3.05, 3.63) is 32.4 Å². The average Bonchev–Trinajstić information content (AvgIpc) is 2.69. The highest BCUT2D eigenvalue weighted by molar-refractivity contribution is 5.59. The summed E-state index contributed by atoms with van der Waals surface area (Å²) in [5.41, 5.74) is -2.66. The van der Waals surface area contributed by atoms with Crippen molar-refractivity contribution in [2.45, 2.75) is 122 Å². The number of rotatable bonds is 21. The van der Waals surface area contributed by atoms with Gasteiger partial charge in [0.25, 0.3) is 6.29 Å². The lowest BCUT2D eigenvalue weighted by Crippen LogP contribution is -2.47. The van der Waals surface area contributed by atoms with Gasteiger partial charge in [-0.25, -0.2) is 0 Å². The zero-order chi connectivity index (χ0) is 21.8. The van der Waals surface area contributed by atoms with Gasteiger partial charge in [-0.1, -0.05) is 89.7 Å². The number of hydrogen-bond donors (Lipinski definition) is 0. The molecule has 29 heavy (non-hydrogen) atoms. The Morgan fingerprint density at radius 3 is 1.41 bits per heavy atom. The van der Waals surface area contributed by atoms with Crippen LogP contribution in [0.25, 0.3) is 0 Å². The lowest BCUT2D eigenvalue weighted by atomic mass is 10.0. The molecule has 0 atom stereocenters. The standard InChI is InChI=1S/C22H40N2O5/c1-2-3-4-5-6-7-8-9-10-11-12-13-14-15-16-17-18-19-20-22(21-25,23(26)27)24(28)29/h9-10,21H,2-8,11-20H2,1H3/b10-9-. The van der Waals surface area contributed by atoms with Crippen molar-refractivity contribution in [2.75, 3.05) is 0 Å². The molecular formula is C22H40N2O5. The Kier molecular flexibility index (Phi) is 17.1. The number of nitrogens with zero attached hydrogens (tertiary/aromatic N) is 2. The summed E-state index contributed by atoms with van der Waals surface area (Å²) in [6.07, 6.45) is 22.2. The van der Waals surface area contributed by atoms with Gasteiger partial charge >= 0.3 is 5.66 Å². The van der Waals surface area contributed by atoms with Crippen LogP contribution in [-0.2, 0) is 4.79 Å².